The van der Waals surface area contributed by atoms with Crippen LogP contribution < -0.4 is 5.56 Å². The molecule has 0 atom stereocenters. The van der Waals surface area contributed by atoms with Crippen molar-refractivity contribution in [2.75, 3.05) is 13.1 Å². The average molecular weight is 375 g/mol. The van der Waals surface area contributed by atoms with Crippen molar-refractivity contribution in [3.63, 3.8) is 0 Å². The Morgan fingerprint density at radius 2 is 1.93 bits per heavy atom. The van der Waals surface area contributed by atoms with E-state index >= 15 is 0 Å². The summed E-state index contributed by atoms with van der Waals surface area (Å²) in [6.07, 6.45) is 3.87. The van der Waals surface area contributed by atoms with Crippen molar-refractivity contribution in [2.45, 2.75) is 40.0 Å². The zero-order valence-corrected chi connectivity index (χ0v) is 16.6. The highest BCUT2D eigenvalue weighted by molar-refractivity contribution is 5.78. The monoisotopic (exact) mass is 375 g/mol. The van der Waals surface area contributed by atoms with Crippen LogP contribution in [0.4, 0.5) is 0 Å². The molecule has 1 amide bonds. The van der Waals surface area contributed by atoms with Crippen LogP contribution >= 0.6 is 0 Å². The van der Waals surface area contributed by atoms with E-state index in [0.717, 1.165) is 17.7 Å². The lowest BCUT2D eigenvalue weighted by atomic mass is 9.97. The number of pyridine rings is 1. The third-order valence-corrected chi connectivity index (χ3v) is 5.49. The Morgan fingerprint density at radius 1 is 1.21 bits per heavy atom. The number of nitrogens with one attached hydrogen (secondary N) is 1. The van der Waals surface area contributed by atoms with Gasteiger partial charge in [-0.25, -0.2) is 0 Å². The Bertz CT molecular complexity index is 1020. The van der Waals surface area contributed by atoms with E-state index in [4.69, 9.17) is 0 Å². The van der Waals surface area contributed by atoms with Crippen LogP contribution in [0.5, 0.6) is 0 Å². The molecule has 0 fully saturated rings. The maximum atomic E-state index is 12.7. The highest BCUT2D eigenvalue weighted by Gasteiger charge is 2.19. The van der Waals surface area contributed by atoms with Crippen LogP contribution in [0.2, 0.25) is 0 Å². The number of aromatic amines is 1. The molecule has 5 heteroatoms. The second-order valence-corrected chi connectivity index (χ2v) is 7.35. The van der Waals surface area contributed by atoms with E-state index in [1.54, 1.807) is 6.92 Å². The third-order valence-electron chi connectivity index (χ3n) is 5.49. The van der Waals surface area contributed by atoms with Crippen molar-refractivity contribution >= 4 is 11.5 Å². The number of aromatic nitrogens is 1. The van der Waals surface area contributed by atoms with E-state index in [9.17, 15) is 14.9 Å². The number of nitriles is 1. The second-order valence-electron chi connectivity index (χ2n) is 7.35. The fourth-order valence-corrected chi connectivity index (χ4v) is 3.74. The SMILES string of the molecule is Cc1ccc(C2=CCN(C(=O)CCc3c(C)[nH]c(=O)c(C#N)c3C)CC2)cc1. The van der Waals surface area contributed by atoms with E-state index in [-0.39, 0.29) is 17.0 Å². The summed E-state index contributed by atoms with van der Waals surface area (Å²) < 4.78 is 0. The van der Waals surface area contributed by atoms with Gasteiger partial charge in [0.25, 0.3) is 5.56 Å². The molecule has 0 saturated heterocycles. The van der Waals surface area contributed by atoms with Crippen LogP contribution in [0.15, 0.2) is 35.1 Å². The molecular formula is C23H25N3O2. The minimum absolute atomic E-state index is 0.0997. The molecule has 1 aromatic carbocycles. The first-order valence-corrected chi connectivity index (χ1v) is 9.57. The summed E-state index contributed by atoms with van der Waals surface area (Å²) in [6, 6.07) is 10.4. The van der Waals surface area contributed by atoms with Gasteiger partial charge in [-0.05, 0) is 55.9 Å². The van der Waals surface area contributed by atoms with Crippen molar-refractivity contribution in [2.24, 2.45) is 0 Å². The molecule has 144 valence electrons. The number of benzene rings is 1. The quantitative estimate of drug-likeness (QED) is 0.889. The van der Waals surface area contributed by atoms with Crippen molar-refractivity contribution in [3.8, 4) is 6.07 Å². The van der Waals surface area contributed by atoms with Crippen LogP contribution in [0.3, 0.4) is 0 Å². The number of aryl methyl sites for hydroxylation is 2. The summed E-state index contributed by atoms with van der Waals surface area (Å²) in [7, 11) is 0. The predicted molar refractivity (Wildman–Crippen MR) is 110 cm³/mol. The largest absolute Gasteiger partial charge is 0.339 e. The van der Waals surface area contributed by atoms with E-state index in [2.05, 4.69) is 42.2 Å². The lowest BCUT2D eigenvalue weighted by molar-refractivity contribution is -0.130. The molecule has 2 heterocycles. The van der Waals surface area contributed by atoms with Gasteiger partial charge in [-0.3, -0.25) is 9.59 Å². The van der Waals surface area contributed by atoms with Crippen LogP contribution in [-0.2, 0) is 11.2 Å². The number of hydrogen-bond donors (Lipinski definition) is 1. The first kappa shape index (κ1) is 19.6. The van der Waals surface area contributed by atoms with E-state index in [1.165, 1.54) is 16.7 Å². The molecule has 1 N–H and O–H groups in total. The van der Waals surface area contributed by atoms with Gasteiger partial charge in [0.15, 0.2) is 0 Å². The Labute approximate surface area is 165 Å². The molecule has 5 nitrogen and oxygen atoms in total. The first-order valence-electron chi connectivity index (χ1n) is 9.57. The predicted octanol–water partition coefficient (Wildman–Crippen LogP) is 3.42. The lowest BCUT2D eigenvalue weighted by Crippen LogP contribution is -2.35. The Kier molecular flexibility index (Phi) is 5.79. The molecular weight excluding hydrogens is 350 g/mol. The molecule has 3 rings (SSSR count). The van der Waals surface area contributed by atoms with Gasteiger partial charge in [0.2, 0.25) is 5.91 Å². The highest BCUT2D eigenvalue weighted by atomic mass is 16.2. The van der Waals surface area contributed by atoms with Crippen LogP contribution in [-0.4, -0.2) is 28.9 Å². The van der Waals surface area contributed by atoms with Gasteiger partial charge < -0.3 is 9.88 Å². The van der Waals surface area contributed by atoms with Gasteiger partial charge in [0, 0.05) is 25.2 Å². The number of rotatable bonds is 4. The minimum atomic E-state index is -0.364. The first-order chi connectivity index (χ1) is 13.4. The molecule has 0 aliphatic carbocycles. The molecule has 28 heavy (non-hydrogen) atoms. The molecule has 0 unspecified atom stereocenters. The number of amides is 1. The molecule has 1 aliphatic heterocycles. The molecule has 2 aromatic rings. The standard InChI is InChI=1S/C23H25N3O2/c1-15-4-6-18(7-5-15)19-10-12-26(13-11-19)22(27)9-8-20-16(2)21(14-24)23(28)25-17(20)3/h4-7,10H,8-9,11-13H2,1-3H3,(H,25,28). The van der Waals surface area contributed by atoms with E-state index < -0.39 is 0 Å². The van der Waals surface area contributed by atoms with E-state index in [0.29, 0.717) is 31.5 Å². The summed E-state index contributed by atoms with van der Waals surface area (Å²) in [5.74, 6) is 0.0997. The Morgan fingerprint density at radius 3 is 2.54 bits per heavy atom. The van der Waals surface area contributed by atoms with Gasteiger partial charge >= 0.3 is 0 Å². The third kappa shape index (κ3) is 4.07. The number of H-pyrrole nitrogens is 1. The van der Waals surface area contributed by atoms with Crippen molar-refractivity contribution in [3.05, 3.63) is 74.2 Å². The van der Waals surface area contributed by atoms with Crippen LogP contribution in [0.25, 0.3) is 5.57 Å². The summed E-state index contributed by atoms with van der Waals surface area (Å²) >= 11 is 0. The molecule has 0 bridgehead atoms. The van der Waals surface area contributed by atoms with Gasteiger partial charge in [0.1, 0.15) is 11.6 Å². The average Bonchev–Trinajstić information content (AvgIpc) is 2.68. The fraction of sp³-hybridized carbons (Fsp3) is 0.348. The van der Waals surface area contributed by atoms with Crippen molar-refractivity contribution in [1.82, 2.24) is 9.88 Å². The van der Waals surface area contributed by atoms with Gasteiger partial charge in [0.05, 0.1) is 0 Å². The number of carbonyl (C=O) groups excluding carboxylic acids is 1. The van der Waals surface area contributed by atoms with Crippen molar-refractivity contribution < 1.29 is 4.79 Å². The van der Waals surface area contributed by atoms with Crippen LogP contribution in [0, 0.1) is 32.1 Å². The molecule has 0 saturated carbocycles. The second kappa shape index (κ2) is 8.26. The molecule has 0 spiro atoms. The van der Waals surface area contributed by atoms with E-state index in [1.807, 2.05) is 17.9 Å². The lowest BCUT2D eigenvalue weighted by Gasteiger charge is -2.27. The van der Waals surface area contributed by atoms with Gasteiger partial charge in [-0.1, -0.05) is 35.9 Å². The summed E-state index contributed by atoms with van der Waals surface area (Å²) in [6.45, 7) is 7.00. The summed E-state index contributed by atoms with van der Waals surface area (Å²) in [5.41, 5.74) is 5.82. The Balaban J connectivity index is 1.65. The number of nitrogens with zero attached hydrogens (tertiary/aromatic N) is 2. The molecule has 0 radical (unpaired) electrons. The fourth-order valence-electron chi connectivity index (χ4n) is 3.74. The van der Waals surface area contributed by atoms with Crippen LogP contribution in [0.1, 0.15) is 46.4 Å². The molecule has 1 aromatic heterocycles. The zero-order valence-electron chi connectivity index (χ0n) is 16.6. The summed E-state index contributed by atoms with van der Waals surface area (Å²) in [4.78, 5) is 29.1. The minimum Gasteiger partial charge on any atom is -0.339 e. The zero-order chi connectivity index (χ0) is 20.3. The smallest absolute Gasteiger partial charge is 0.266 e. The molecule has 1 aliphatic rings. The maximum absolute atomic E-state index is 12.7. The highest BCUT2D eigenvalue weighted by Crippen LogP contribution is 2.23. The Hall–Kier alpha value is -3.13. The van der Waals surface area contributed by atoms with Gasteiger partial charge in [-0.15, -0.1) is 0 Å². The number of hydrogen-bond acceptors (Lipinski definition) is 3. The van der Waals surface area contributed by atoms with Gasteiger partial charge in [-0.2, -0.15) is 5.26 Å². The number of carbonyl (C=O) groups is 1. The topological polar surface area (TPSA) is 77.0 Å². The normalized spacial score (nSPS) is 13.8. The van der Waals surface area contributed by atoms with Crippen molar-refractivity contribution in [1.29, 1.82) is 5.26 Å². The summed E-state index contributed by atoms with van der Waals surface area (Å²) in [5, 5.41) is 9.18. The maximum Gasteiger partial charge on any atom is 0.266 e.